The molecule has 0 rings (SSSR count). The van der Waals surface area contributed by atoms with Crippen molar-refractivity contribution in [2.45, 2.75) is 103 Å². The average molecular weight is 603 g/mol. The van der Waals surface area contributed by atoms with Crippen LogP contribution in [0.1, 0.15) is 96.8 Å². The van der Waals surface area contributed by atoms with Crippen LogP contribution in [0.3, 0.4) is 0 Å². The van der Waals surface area contributed by atoms with Gasteiger partial charge in [-0.1, -0.05) is 84.0 Å². The van der Waals surface area contributed by atoms with Crippen molar-refractivity contribution in [2.24, 2.45) is 0 Å². The van der Waals surface area contributed by atoms with Gasteiger partial charge in [-0.25, -0.2) is 4.79 Å². The third kappa shape index (κ3) is 35.0. The minimum absolute atomic E-state index is 0. The van der Waals surface area contributed by atoms with E-state index in [1.54, 1.807) is 0 Å². The van der Waals surface area contributed by atoms with Gasteiger partial charge in [0.25, 0.3) is 0 Å². The van der Waals surface area contributed by atoms with E-state index < -0.39 is 39.1 Å². The van der Waals surface area contributed by atoms with Gasteiger partial charge in [0.05, 0.1) is 14.4 Å². The minimum Gasteiger partial charge on any atom is -0.790 e. The Bertz CT molecular complexity index is 1070. The van der Waals surface area contributed by atoms with Crippen molar-refractivity contribution in [3.05, 3.63) is 0 Å². The molecule has 0 heterocycles. The van der Waals surface area contributed by atoms with Crippen molar-refractivity contribution in [3.8, 4) is 59.7 Å². The molecule has 0 aliphatic heterocycles. The molecule has 0 radical (unpaired) electrons. The van der Waals surface area contributed by atoms with Gasteiger partial charge in [0.1, 0.15) is 6.61 Å². The molecule has 0 aromatic rings. The van der Waals surface area contributed by atoms with E-state index in [0.29, 0.717) is 6.42 Å². The maximum Gasteiger partial charge on any atom is 1.00 e. The molecule has 8 nitrogen and oxygen atoms in total. The standard InChI is InChI=1S/C30H39O8P.2Na/c1-3-5-7-9-11-13-14-15-16-17-19-21-23-25-30(32)38-28(27-37-39(33,34)35)26-36-29(31)24-22-20-18-12-10-8-6-4-2;;/h2,28H,3,5,7,9,11,13-17,19,21,23,25-27H2,1H3,(H2,33,34,35);;/q;2*+1/p-2/t28-;;/m1../s1. The molecule has 0 aromatic heterocycles. The summed E-state index contributed by atoms with van der Waals surface area (Å²) >= 11 is 0. The largest absolute Gasteiger partial charge is 1.00 e. The van der Waals surface area contributed by atoms with Crippen LogP contribution in [0, 0.1) is 59.7 Å². The summed E-state index contributed by atoms with van der Waals surface area (Å²) in [5.41, 5.74) is 0. The molecular formula is C30H37Na2O8P. The second kappa shape index (κ2) is 31.8. The number of unbranched alkanes of at least 4 members (excludes halogenated alkanes) is 12. The van der Waals surface area contributed by atoms with Crippen molar-refractivity contribution in [3.63, 3.8) is 0 Å². The molecule has 41 heavy (non-hydrogen) atoms. The van der Waals surface area contributed by atoms with Gasteiger partial charge < -0.3 is 28.3 Å². The summed E-state index contributed by atoms with van der Waals surface area (Å²) in [6.07, 6.45) is 18.9. The van der Waals surface area contributed by atoms with Gasteiger partial charge >= 0.3 is 71.1 Å². The third-order valence-electron chi connectivity index (χ3n) is 5.21. The Balaban J connectivity index is -0.00000722. The second-order valence-corrected chi connectivity index (χ2v) is 9.74. The van der Waals surface area contributed by atoms with E-state index in [1.807, 2.05) is 0 Å². The number of hydrogen-bond donors (Lipinski definition) is 0. The number of carbonyl (C=O) groups excluding carboxylic acids is 2. The number of phosphoric acid groups is 1. The number of carbonyl (C=O) groups is 2. The molecule has 0 fully saturated rings. The molecule has 0 aliphatic rings. The van der Waals surface area contributed by atoms with E-state index >= 15 is 0 Å². The fraction of sp³-hybridized carbons (Fsp3) is 0.600. The molecular weight excluding hydrogens is 565 g/mol. The predicted octanol–water partition coefficient (Wildman–Crippen LogP) is -2.58. The van der Waals surface area contributed by atoms with Crippen LogP contribution in [-0.2, 0) is 28.2 Å². The Morgan fingerprint density at radius 3 is 1.68 bits per heavy atom. The molecule has 1 atom stereocenters. The van der Waals surface area contributed by atoms with E-state index in [-0.39, 0.29) is 65.5 Å². The summed E-state index contributed by atoms with van der Waals surface area (Å²) in [5.74, 6) is 18.6. The molecule has 0 N–H and O–H groups in total. The van der Waals surface area contributed by atoms with Gasteiger partial charge in [-0.2, -0.15) is 0 Å². The van der Waals surface area contributed by atoms with E-state index in [1.165, 1.54) is 57.8 Å². The average Bonchev–Trinajstić information content (AvgIpc) is 2.89. The van der Waals surface area contributed by atoms with Crippen LogP contribution in [0.4, 0.5) is 0 Å². The molecule has 0 aromatic carbocycles. The molecule has 212 valence electrons. The summed E-state index contributed by atoms with van der Waals surface area (Å²) in [6, 6.07) is 0. The fourth-order valence-electron chi connectivity index (χ4n) is 3.30. The third-order valence-corrected chi connectivity index (χ3v) is 5.68. The van der Waals surface area contributed by atoms with Crippen molar-refractivity contribution < 1.29 is 97.1 Å². The molecule has 11 heteroatoms. The zero-order valence-corrected chi connectivity index (χ0v) is 29.6. The number of ether oxygens (including phenoxy) is 2. The SMILES string of the molecule is C#CC#CC#CC#CC#CC(=O)OC[C@H](COP(=O)([O-])[O-])OC(=O)CCCCCCCCCCCCCCC.[Na+].[Na+]. The molecule has 0 spiro atoms. The number of hydrogen-bond acceptors (Lipinski definition) is 8. The molecule has 0 unspecified atom stereocenters. The first-order valence-corrected chi connectivity index (χ1v) is 14.7. The Morgan fingerprint density at radius 2 is 1.20 bits per heavy atom. The first-order valence-electron chi connectivity index (χ1n) is 13.3. The van der Waals surface area contributed by atoms with Gasteiger partial charge in [-0.15, -0.1) is 6.42 Å². The second-order valence-electron chi connectivity index (χ2n) is 8.59. The van der Waals surface area contributed by atoms with Crippen LogP contribution in [0.5, 0.6) is 0 Å². The predicted molar refractivity (Wildman–Crippen MR) is 145 cm³/mol. The van der Waals surface area contributed by atoms with Gasteiger partial charge in [-0.3, -0.25) is 4.79 Å². The fourth-order valence-corrected chi connectivity index (χ4v) is 3.65. The van der Waals surface area contributed by atoms with Gasteiger partial charge in [0, 0.05) is 12.3 Å². The summed E-state index contributed by atoms with van der Waals surface area (Å²) in [5, 5.41) is 0. The van der Waals surface area contributed by atoms with Crippen LogP contribution in [-0.4, -0.2) is 31.3 Å². The van der Waals surface area contributed by atoms with Gasteiger partial charge in [-0.05, 0) is 53.8 Å². The van der Waals surface area contributed by atoms with E-state index in [9.17, 15) is 23.9 Å². The number of phosphoric ester groups is 1. The normalized spacial score (nSPS) is 10.0. The number of rotatable bonds is 20. The smallest absolute Gasteiger partial charge is 0.790 e. The summed E-state index contributed by atoms with van der Waals surface area (Å²) in [6.45, 7) is 0.896. The van der Waals surface area contributed by atoms with Crippen LogP contribution >= 0.6 is 7.82 Å². The topological polar surface area (TPSA) is 125 Å². The molecule has 0 saturated heterocycles. The maximum atomic E-state index is 12.1. The Kier molecular flexibility index (Phi) is 34.3. The summed E-state index contributed by atoms with van der Waals surface area (Å²) < 4.78 is 24.9. The minimum atomic E-state index is -5.31. The Labute approximate surface area is 290 Å². The quantitative estimate of drug-likeness (QED) is 0.0372. The monoisotopic (exact) mass is 602 g/mol. The zero-order chi connectivity index (χ0) is 29.0. The zero-order valence-electron chi connectivity index (χ0n) is 24.7. The van der Waals surface area contributed by atoms with Crippen molar-refractivity contribution in [1.29, 1.82) is 0 Å². The van der Waals surface area contributed by atoms with Crippen molar-refractivity contribution >= 4 is 19.8 Å². The van der Waals surface area contributed by atoms with Gasteiger partial charge in [0.2, 0.25) is 0 Å². The molecule has 0 amide bonds. The van der Waals surface area contributed by atoms with Crippen molar-refractivity contribution in [1.82, 2.24) is 0 Å². The Morgan fingerprint density at radius 1 is 0.732 bits per heavy atom. The van der Waals surface area contributed by atoms with Crippen LogP contribution in [0.2, 0.25) is 0 Å². The van der Waals surface area contributed by atoms with E-state index in [2.05, 4.69) is 64.7 Å². The number of esters is 2. The van der Waals surface area contributed by atoms with Crippen LogP contribution in [0.25, 0.3) is 0 Å². The van der Waals surface area contributed by atoms with E-state index in [4.69, 9.17) is 15.9 Å². The molecule has 0 bridgehead atoms. The van der Waals surface area contributed by atoms with Crippen LogP contribution < -0.4 is 68.9 Å². The Hall–Kier alpha value is -1.15. The number of terminal acetylenes is 1. The van der Waals surface area contributed by atoms with Crippen molar-refractivity contribution in [2.75, 3.05) is 13.2 Å². The summed E-state index contributed by atoms with van der Waals surface area (Å²) in [4.78, 5) is 45.4. The maximum absolute atomic E-state index is 12.1. The van der Waals surface area contributed by atoms with Crippen LogP contribution in [0.15, 0.2) is 0 Å². The van der Waals surface area contributed by atoms with Gasteiger partial charge in [0.15, 0.2) is 6.10 Å². The summed E-state index contributed by atoms with van der Waals surface area (Å²) in [7, 11) is -5.31. The first kappa shape index (κ1) is 44.3. The first-order chi connectivity index (χ1) is 18.8. The molecule has 0 aliphatic carbocycles. The van der Waals surface area contributed by atoms with E-state index in [0.717, 1.165) is 19.3 Å². The molecule has 0 saturated carbocycles.